The molecule has 0 fully saturated rings. The molecule has 0 spiro atoms. The van der Waals surface area contributed by atoms with Gasteiger partial charge in [0.15, 0.2) is 0 Å². The second-order valence-corrected chi connectivity index (χ2v) is 13.2. The molecule has 1 aromatic carbocycles. The quantitative estimate of drug-likeness (QED) is 0.336. The van der Waals surface area contributed by atoms with Crippen LogP contribution in [0.1, 0.15) is 0 Å². The Morgan fingerprint density at radius 1 is 1.16 bits per heavy atom. The van der Waals surface area contributed by atoms with Crippen molar-refractivity contribution in [3.8, 4) is 11.1 Å². The molecule has 3 aromatic rings. The van der Waals surface area contributed by atoms with E-state index >= 15 is 0 Å². The third kappa shape index (κ3) is 4.08. The maximum absolute atomic E-state index is 14.3. The van der Waals surface area contributed by atoms with Gasteiger partial charge >= 0.3 is 0 Å². The van der Waals surface area contributed by atoms with Crippen molar-refractivity contribution in [1.29, 1.82) is 0 Å². The summed E-state index contributed by atoms with van der Waals surface area (Å²) in [6.45, 7) is 7.98. The first-order valence-electron chi connectivity index (χ1n) is 8.19. The second kappa shape index (κ2) is 7.23. The fraction of sp³-hybridized carbons (Fsp3) is 0.333. The number of fused-ring (bicyclic) bond motifs is 1. The molecule has 0 bridgehead atoms. The molecule has 4 nitrogen and oxygen atoms in total. The highest BCUT2D eigenvalue weighted by Gasteiger charge is 2.18. The highest BCUT2D eigenvalue weighted by molar-refractivity contribution is 6.76. The average molecular weight is 378 g/mol. The SMILES string of the molecule is C[Si](C)(C)CCOCn1cc(-c2ccccc2F)c2c(Cl)ncnc21. The zero-order valence-electron chi connectivity index (χ0n) is 14.6. The van der Waals surface area contributed by atoms with E-state index in [2.05, 4.69) is 29.6 Å². The summed E-state index contributed by atoms with van der Waals surface area (Å²) in [5.74, 6) is -0.305. The third-order valence-corrected chi connectivity index (χ3v) is 5.99. The molecule has 0 saturated carbocycles. The van der Waals surface area contributed by atoms with Gasteiger partial charge in [0, 0.05) is 32.0 Å². The van der Waals surface area contributed by atoms with Crippen LogP contribution in [0, 0.1) is 5.82 Å². The predicted octanol–water partition coefficient (Wildman–Crippen LogP) is 5.20. The molecule has 2 aromatic heterocycles. The van der Waals surface area contributed by atoms with E-state index in [1.165, 1.54) is 12.4 Å². The van der Waals surface area contributed by atoms with Gasteiger partial charge in [0.1, 0.15) is 29.7 Å². The molecule has 0 amide bonds. The van der Waals surface area contributed by atoms with Crippen LogP contribution in [0.4, 0.5) is 4.39 Å². The monoisotopic (exact) mass is 377 g/mol. The Morgan fingerprint density at radius 3 is 2.64 bits per heavy atom. The highest BCUT2D eigenvalue weighted by Crippen LogP contribution is 2.34. The summed E-state index contributed by atoms with van der Waals surface area (Å²) < 4.78 is 21.9. The van der Waals surface area contributed by atoms with Crippen LogP contribution in [0.15, 0.2) is 36.8 Å². The van der Waals surface area contributed by atoms with E-state index in [4.69, 9.17) is 16.3 Å². The van der Waals surface area contributed by atoms with E-state index in [1.54, 1.807) is 18.2 Å². The van der Waals surface area contributed by atoms with Crippen LogP contribution in [0.5, 0.6) is 0 Å². The lowest BCUT2D eigenvalue weighted by atomic mass is 10.1. The minimum atomic E-state index is -1.14. The summed E-state index contributed by atoms with van der Waals surface area (Å²) in [5, 5.41) is 0.951. The fourth-order valence-corrected chi connectivity index (χ4v) is 3.60. The first-order valence-corrected chi connectivity index (χ1v) is 12.3. The highest BCUT2D eigenvalue weighted by atomic mass is 35.5. The van der Waals surface area contributed by atoms with Gasteiger partial charge in [-0.25, -0.2) is 14.4 Å². The van der Waals surface area contributed by atoms with E-state index in [9.17, 15) is 4.39 Å². The Morgan fingerprint density at radius 2 is 1.92 bits per heavy atom. The van der Waals surface area contributed by atoms with Crippen molar-refractivity contribution in [2.24, 2.45) is 0 Å². The topological polar surface area (TPSA) is 39.9 Å². The number of hydrogen-bond donors (Lipinski definition) is 0. The molecule has 0 atom stereocenters. The van der Waals surface area contributed by atoms with Gasteiger partial charge in [0.05, 0.1) is 5.39 Å². The zero-order chi connectivity index (χ0) is 18.0. The lowest BCUT2D eigenvalue weighted by molar-refractivity contribution is 0.0899. The number of benzene rings is 1. The number of halogens is 2. The third-order valence-electron chi connectivity index (χ3n) is 4.00. The molecule has 3 rings (SSSR count). The minimum Gasteiger partial charge on any atom is -0.361 e. The van der Waals surface area contributed by atoms with E-state index in [1.807, 2.05) is 10.8 Å². The summed E-state index contributed by atoms with van der Waals surface area (Å²) in [6.07, 6.45) is 3.24. The van der Waals surface area contributed by atoms with Crippen LogP contribution in [0.3, 0.4) is 0 Å². The number of rotatable bonds is 6. The standard InChI is InChI=1S/C18H21ClFN3OSi/c1-25(2,3)9-8-24-12-23-10-14(13-6-4-5-7-15(13)20)16-17(19)21-11-22-18(16)23/h4-7,10-11H,8-9,12H2,1-3H3. The molecule has 0 aliphatic carbocycles. The van der Waals surface area contributed by atoms with Crippen molar-refractivity contribution in [1.82, 2.24) is 14.5 Å². The molecular formula is C18H21ClFN3OSi. The molecular weight excluding hydrogens is 357 g/mol. The molecule has 0 saturated heterocycles. The van der Waals surface area contributed by atoms with Crippen LogP contribution in [0.25, 0.3) is 22.2 Å². The Bertz CT molecular complexity index is 892. The lowest BCUT2D eigenvalue weighted by Crippen LogP contribution is -2.22. The minimum absolute atomic E-state index is 0.305. The Labute approximate surface area is 152 Å². The Hall–Kier alpha value is -1.76. The molecule has 7 heteroatoms. The van der Waals surface area contributed by atoms with Crippen molar-refractivity contribution >= 4 is 30.7 Å². The summed E-state index contributed by atoms with van der Waals surface area (Å²) in [6, 6.07) is 7.70. The zero-order valence-corrected chi connectivity index (χ0v) is 16.3. The van der Waals surface area contributed by atoms with Crippen molar-refractivity contribution in [2.75, 3.05) is 6.61 Å². The summed E-state index contributed by atoms with van der Waals surface area (Å²) in [5.41, 5.74) is 1.80. The van der Waals surface area contributed by atoms with Crippen molar-refractivity contribution in [3.05, 3.63) is 47.8 Å². The second-order valence-electron chi connectivity index (χ2n) is 7.20. The number of nitrogens with zero attached hydrogens (tertiary/aromatic N) is 3. The Kier molecular flexibility index (Phi) is 5.22. The van der Waals surface area contributed by atoms with Crippen LogP contribution < -0.4 is 0 Å². The maximum atomic E-state index is 14.3. The average Bonchev–Trinajstić information content (AvgIpc) is 2.91. The van der Waals surface area contributed by atoms with Gasteiger partial charge in [0.25, 0.3) is 0 Å². The molecule has 0 aliphatic rings. The van der Waals surface area contributed by atoms with Crippen LogP contribution in [-0.2, 0) is 11.5 Å². The van der Waals surface area contributed by atoms with Gasteiger partial charge in [-0.2, -0.15) is 0 Å². The normalized spacial score (nSPS) is 12.0. The fourth-order valence-electron chi connectivity index (χ4n) is 2.61. The largest absolute Gasteiger partial charge is 0.361 e. The number of ether oxygens (including phenoxy) is 1. The van der Waals surface area contributed by atoms with Crippen molar-refractivity contribution in [3.63, 3.8) is 0 Å². The number of aromatic nitrogens is 3. The maximum Gasteiger partial charge on any atom is 0.147 e. The van der Waals surface area contributed by atoms with Crippen LogP contribution in [-0.4, -0.2) is 29.2 Å². The van der Waals surface area contributed by atoms with Crippen LogP contribution in [0.2, 0.25) is 30.8 Å². The molecule has 2 heterocycles. The Balaban J connectivity index is 1.95. The van der Waals surface area contributed by atoms with Crippen molar-refractivity contribution in [2.45, 2.75) is 32.4 Å². The molecule has 0 radical (unpaired) electrons. The molecule has 0 unspecified atom stereocenters. The van der Waals surface area contributed by atoms with E-state index in [-0.39, 0.29) is 5.82 Å². The van der Waals surface area contributed by atoms with E-state index in [0.29, 0.717) is 40.7 Å². The predicted molar refractivity (Wildman–Crippen MR) is 102 cm³/mol. The molecule has 25 heavy (non-hydrogen) atoms. The van der Waals surface area contributed by atoms with E-state index in [0.717, 1.165) is 6.04 Å². The lowest BCUT2D eigenvalue weighted by Gasteiger charge is -2.15. The molecule has 132 valence electrons. The summed E-state index contributed by atoms with van der Waals surface area (Å²) in [7, 11) is -1.14. The number of hydrogen-bond acceptors (Lipinski definition) is 3. The van der Waals surface area contributed by atoms with Gasteiger partial charge in [-0.3, -0.25) is 0 Å². The summed E-state index contributed by atoms with van der Waals surface area (Å²) in [4.78, 5) is 8.37. The van der Waals surface area contributed by atoms with Gasteiger partial charge in [0.2, 0.25) is 0 Å². The molecule has 0 aliphatic heterocycles. The molecule has 0 N–H and O–H groups in total. The van der Waals surface area contributed by atoms with E-state index < -0.39 is 8.07 Å². The van der Waals surface area contributed by atoms with Gasteiger partial charge in [-0.15, -0.1) is 0 Å². The van der Waals surface area contributed by atoms with Crippen LogP contribution >= 0.6 is 11.6 Å². The smallest absolute Gasteiger partial charge is 0.147 e. The summed E-state index contributed by atoms with van der Waals surface area (Å²) >= 11 is 6.28. The van der Waals surface area contributed by atoms with Gasteiger partial charge in [-0.05, 0) is 12.1 Å². The first-order chi connectivity index (χ1) is 11.9. The van der Waals surface area contributed by atoms with Gasteiger partial charge < -0.3 is 9.30 Å². The van der Waals surface area contributed by atoms with Crippen molar-refractivity contribution < 1.29 is 9.13 Å². The van der Waals surface area contributed by atoms with Gasteiger partial charge in [-0.1, -0.05) is 49.4 Å². The first kappa shape index (κ1) is 18.0.